The average Bonchev–Trinajstić information content (AvgIpc) is 3.03. The predicted octanol–water partition coefficient (Wildman–Crippen LogP) is 8.46. The monoisotopic (exact) mass is 556 g/mol. The minimum atomic E-state index is -1.29. The first kappa shape index (κ1) is 29.6. The average molecular weight is 557 g/mol. The Morgan fingerprint density at radius 1 is 0.786 bits per heavy atom. The molecule has 0 aromatic heterocycles. The third-order valence-corrected chi connectivity index (χ3v) is 6.56. The minimum absolute atomic E-state index is 0.366. The summed E-state index contributed by atoms with van der Waals surface area (Å²) in [5, 5.41) is 18.5. The van der Waals surface area contributed by atoms with Crippen LogP contribution in [-0.4, -0.2) is 24.0 Å². The number of carbonyl (C=O) groups is 2. The van der Waals surface area contributed by atoms with Crippen LogP contribution in [0.15, 0.2) is 109 Å². The topological polar surface area (TPSA) is 90.6 Å². The Kier molecular flexibility index (Phi) is 10.8. The van der Waals surface area contributed by atoms with Gasteiger partial charge in [0, 0.05) is 29.0 Å². The van der Waals surface area contributed by atoms with E-state index in [1.807, 2.05) is 60.7 Å². The molecule has 6 heteroatoms. The molecule has 0 bridgehead atoms. The quantitative estimate of drug-likeness (QED) is 0.0551. The standard InChI is InChI=1S/C36H32N2O4/c37-27-31(36(40)41)26-30-20-17-29(25-35(30)42-24-10-2-1-9-23-39)16-15-28-18-21-34(22-19-28)38(32-11-5-3-6-12-32)33-13-7-4-8-14-33/h3-8,11-23,25-26H,1-2,9-10,24H2,(H,40,41)/b16-15+,31-26+. The van der Waals surface area contributed by atoms with E-state index in [1.54, 1.807) is 12.1 Å². The molecule has 210 valence electrons. The third kappa shape index (κ3) is 8.30. The van der Waals surface area contributed by atoms with Crippen LogP contribution < -0.4 is 9.64 Å². The minimum Gasteiger partial charge on any atom is -0.493 e. The van der Waals surface area contributed by atoms with Gasteiger partial charge < -0.3 is 19.5 Å². The fraction of sp³-hybridized carbons (Fsp3) is 0.139. The molecule has 0 aliphatic heterocycles. The van der Waals surface area contributed by atoms with Crippen LogP contribution in [0, 0.1) is 11.3 Å². The van der Waals surface area contributed by atoms with Gasteiger partial charge in [-0.15, -0.1) is 0 Å². The van der Waals surface area contributed by atoms with Gasteiger partial charge in [0.2, 0.25) is 0 Å². The number of aldehydes is 1. The highest BCUT2D eigenvalue weighted by Crippen LogP contribution is 2.34. The maximum Gasteiger partial charge on any atom is 0.346 e. The number of hydrogen-bond acceptors (Lipinski definition) is 5. The van der Waals surface area contributed by atoms with E-state index >= 15 is 0 Å². The largest absolute Gasteiger partial charge is 0.493 e. The first-order valence-corrected chi connectivity index (χ1v) is 13.8. The summed E-state index contributed by atoms with van der Waals surface area (Å²) < 4.78 is 5.99. The number of aliphatic carboxylic acids is 1. The number of ether oxygens (including phenoxy) is 1. The van der Waals surface area contributed by atoms with E-state index in [0.29, 0.717) is 24.3 Å². The van der Waals surface area contributed by atoms with Gasteiger partial charge in [-0.1, -0.05) is 72.8 Å². The number of hydrogen-bond donors (Lipinski definition) is 1. The number of carbonyl (C=O) groups excluding carboxylic acids is 1. The third-order valence-electron chi connectivity index (χ3n) is 6.56. The molecule has 0 aliphatic rings. The molecule has 0 aliphatic carbocycles. The molecule has 0 spiro atoms. The smallest absolute Gasteiger partial charge is 0.346 e. The van der Waals surface area contributed by atoms with Crippen LogP contribution in [0.4, 0.5) is 17.1 Å². The van der Waals surface area contributed by atoms with E-state index in [2.05, 4.69) is 53.4 Å². The van der Waals surface area contributed by atoms with Gasteiger partial charge >= 0.3 is 5.97 Å². The number of nitrogens with zero attached hydrogens (tertiary/aromatic N) is 2. The molecule has 6 nitrogen and oxygen atoms in total. The number of rotatable bonds is 14. The Morgan fingerprint density at radius 2 is 1.38 bits per heavy atom. The van der Waals surface area contributed by atoms with Gasteiger partial charge in [0.15, 0.2) is 0 Å². The summed E-state index contributed by atoms with van der Waals surface area (Å²) in [6, 6.07) is 35.9. The van der Waals surface area contributed by atoms with Crippen LogP contribution >= 0.6 is 0 Å². The number of benzene rings is 4. The SMILES string of the molecule is N#C/C(=C\c1ccc(/C=C/c2ccc(N(c3ccccc3)c3ccccc3)cc2)cc1OCCCCCC=O)C(=O)O. The lowest BCUT2D eigenvalue weighted by molar-refractivity contribution is -0.132. The summed E-state index contributed by atoms with van der Waals surface area (Å²) >= 11 is 0. The molecular formula is C36H32N2O4. The molecule has 0 saturated carbocycles. The van der Waals surface area contributed by atoms with E-state index in [9.17, 15) is 20.0 Å². The van der Waals surface area contributed by atoms with E-state index in [0.717, 1.165) is 53.7 Å². The Bertz CT molecular complexity index is 1530. The first-order chi connectivity index (χ1) is 20.6. The van der Waals surface area contributed by atoms with Gasteiger partial charge in [-0.2, -0.15) is 5.26 Å². The Hall–Kier alpha value is -5.41. The summed E-state index contributed by atoms with van der Waals surface area (Å²) in [5.41, 5.74) is 5.21. The van der Waals surface area contributed by atoms with Crippen molar-refractivity contribution in [3.63, 3.8) is 0 Å². The summed E-state index contributed by atoms with van der Waals surface area (Å²) in [4.78, 5) is 24.1. The lowest BCUT2D eigenvalue weighted by atomic mass is 10.1. The number of carboxylic acids is 1. The number of nitriles is 1. The summed E-state index contributed by atoms with van der Waals surface area (Å²) in [6.07, 6.45) is 9.13. The van der Waals surface area contributed by atoms with Crippen LogP contribution in [0.2, 0.25) is 0 Å². The van der Waals surface area contributed by atoms with Gasteiger partial charge in [-0.05, 0) is 78.9 Å². The van der Waals surface area contributed by atoms with Crippen LogP contribution in [0.5, 0.6) is 5.75 Å². The van der Waals surface area contributed by atoms with Crippen molar-refractivity contribution in [2.75, 3.05) is 11.5 Å². The maximum atomic E-state index is 11.4. The molecule has 42 heavy (non-hydrogen) atoms. The number of para-hydroxylation sites is 2. The van der Waals surface area contributed by atoms with E-state index < -0.39 is 5.97 Å². The van der Waals surface area contributed by atoms with E-state index in [1.165, 1.54) is 6.08 Å². The lowest BCUT2D eigenvalue weighted by Gasteiger charge is -2.25. The van der Waals surface area contributed by atoms with Gasteiger partial charge in [0.05, 0.1) is 6.61 Å². The van der Waals surface area contributed by atoms with Gasteiger partial charge in [-0.25, -0.2) is 4.79 Å². The first-order valence-electron chi connectivity index (χ1n) is 13.8. The normalized spacial score (nSPS) is 11.2. The molecule has 0 amide bonds. The van der Waals surface area contributed by atoms with Crippen molar-refractivity contribution < 1.29 is 19.4 Å². The van der Waals surface area contributed by atoms with E-state index in [4.69, 9.17) is 4.74 Å². The van der Waals surface area contributed by atoms with Crippen molar-refractivity contribution in [2.24, 2.45) is 0 Å². The van der Waals surface area contributed by atoms with Crippen molar-refractivity contribution >= 4 is 47.5 Å². The van der Waals surface area contributed by atoms with Crippen LogP contribution in [-0.2, 0) is 9.59 Å². The van der Waals surface area contributed by atoms with Gasteiger partial charge in [-0.3, -0.25) is 0 Å². The van der Waals surface area contributed by atoms with Crippen molar-refractivity contribution in [2.45, 2.75) is 25.7 Å². The maximum absolute atomic E-state index is 11.4. The molecule has 0 heterocycles. The lowest BCUT2D eigenvalue weighted by Crippen LogP contribution is -2.09. The molecule has 0 fully saturated rings. The Balaban J connectivity index is 1.55. The molecule has 0 radical (unpaired) electrons. The highest BCUT2D eigenvalue weighted by molar-refractivity contribution is 5.97. The van der Waals surface area contributed by atoms with Crippen molar-refractivity contribution in [1.82, 2.24) is 0 Å². The van der Waals surface area contributed by atoms with Crippen molar-refractivity contribution in [3.05, 3.63) is 125 Å². The fourth-order valence-corrected chi connectivity index (χ4v) is 4.41. The Labute approximate surface area is 246 Å². The number of unbranched alkanes of at least 4 members (excludes halogenated alkanes) is 3. The fourth-order valence-electron chi connectivity index (χ4n) is 4.41. The molecule has 4 aromatic carbocycles. The van der Waals surface area contributed by atoms with Crippen molar-refractivity contribution in [3.8, 4) is 11.8 Å². The van der Waals surface area contributed by atoms with Gasteiger partial charge in [0.25, 0.3) is 0 Å². The predicted molar refractivity (Wildman–Crippen MR) is 168 cm³/mol. The Morgan fingerprint density at radius 3 is 1.98 bits per heavy atom. The number of anilines is 3. The molecule has 4 rings (SSSR count). The molecule has 1 N–H and O–H groups in total. The summed E-state index contributed by atoms with van der Waals surface area (Å²) in [5.74, 6) is -0.791. The van der Waals surface area contributed by atoms with Gasteiger partial charge in [0.1, 0.15) is 23.7 Å². The zero-order chi connectivity index (χ0) is 29.6. The molecular weight excluding hydrogens is 524 g/mol. The zero-order valence-electron chi connectivity index (χ0n) is 23.2. The summed E-state index contributed by atoms with van der Waals surface area (Å²) in [7, 11) is 0. The second kappa shape index (κ2) is 15.4. The molecule has 0 saturated heterocycles. The second-order valence-corrected chi connectivity index (χ2v) is 9.57. The van der Waals surface area contributed by atoms with Crippen LogP contribution in [0.1, 0.15) is 42.4 Å². The highest BCUT2D eigenvalue weighted by atomic mass is 16.5. The number of carboxylic acid groups (broad SMARTS) is 1. The van der Waals surface area contributed by atoms with Crippen molar-refractivity contribution in [1.29, 1.82) is 5.26 Å². The summed E-state index contributed by atoms with van der Waals surface area (Å²) in [6.45, 7) is 0.419. The second-order valence-electron chi connectivity index (χ2n) is 9.57. The molecule has 0 atom stereocenters. The van der Waals surface area contributed by atoms with E-state index in [-0.39, 0.29) is 5.57 Å². The van der Waals surface area contributed by atoms with Crippen LogP contribution in [0.3, 0.4) is 0 Å². The highest BCUT2D eigenvalue weighted by Gasteiger charge is 2.12. The molecule has 4 aromatic rings. The van der Waals surface area contributed by atoms with Crippen LogP contribution in [0.25, 0.3) is 18.2 Å². The zero-order valence-corrected chi connectivity index (χ0v) is 23.2. The molecule has 0 unspecified atom stereocenters.